The highest BCUT2D eigenvalue weighted by atomic mass is 35.5. The molecule has 0 fully saturated rings. The van der Waals surface area contributed by atoms with Crippen molar-refractivity contribution in [2.24, 2.45) is 0 Å². The fourth-order valence-corrected chi connectivity index (χ4v) is 2.57. The van der Waals surface area contributed by atoms with Crippen molar-refractivity contribution in [3.8, 4) is 5.75 Å². The van der Waals surface area contributed by atoms with E-state index in [0.29, 0.717) is 17.4 Å². The monoisotopic (exact) mass is 329 g/mol. The SMILES string of the molecule is CCOc1ccc(C(=O)N2C(=O)C(=O)c3ccc(Cl)cc32)cc1. The number of ether oxygens (including phenoxy) is 1. The topological polar surface area (TPSA) is 63.7 Å². The lowest BCUT2D eigenvalue weighted by Gasteiger charge is -2.15. The molecule has 2 amide bonds. The lowest BCUT2D eigenvalue weighted by atomic mass is 10.1. The number of nitrogens with zero attached hydrogens (tertiary/aromatic N) is 1. The molecule has 0 saturated carbocycles. The zero-order valence-corrected chi connectivity index (χ0v) is 13.0. The van der Waals surface area contributed by atoms with E-state index in [4.69, 9.17) is 16.3 Å². The summed E-state index contributed by atoms with van der Waals surface area (Å²) in [6, 6.07) is 10.8. The van der Waals surface area contributed by atoms with E-state index in [1.54, 1.807) is 24.3 Å². The number of amides is 2. The number of ketones is 1. The van der Waals surface area contributed by atoms with Crippen molar-refractivity contribution < 1.29 is 19.1 Å². The summed E-state index contributed by atoms with van der Waals surface area (Å²) < 4.78 is 5.31. The summed E-state index contributed by atoms with van der Waals surface area (Å²) in [6.45, 7) is 2.37. The Labute approximate surface area is 137 Å². The molecule has 0 unspecified atom stereocenters. The van der Waals surface area contributed by atoms with Crippen molar-refractivity contribution in [3.63, 3.8) is 0 Å². The Kier molecular flexibility index (Phi) is 3.88. The Hall–Kier alpha value is -2.66. The second kappa shape index (κ2) is 5.85. The Balaban J connectivity index is 1.98. The van der Waals surface area contributed by atoms with Gasteiger partial charge in [0.25, 0.3) is 11.7 Å². The van der Waals surface area contributed by atoms with Crippen LogP contribution in [0.3, 0.4) is 0 Å². The first-order valence-corrected chi connectivity index (χ1v) is 7.36. The van der Waals surface area contributed by atoms with Gasteiger partial charge < -0.3 is 4.74 Å². The van der Waals surface area contributed by atoms with Crippen LogP contribution in [-0.4, -0.2) is 24.2 Å². The summed E-state index contributed by atoms with van der Waals surface area (Å²) in [5, 5.41) is 0.343. The normalized spacial score (nSPS) is 13.2. The number of rotatable bonds is 3. The van der Waals surface area contributed by atoms with Gasteiger partial charge in [0.05, 0.1) is 17.9 Å². The van der Waals surface area contributed by atoms with Gasteiger partial charge in [-0.3, -0.25) is 14.4 Å². The van der Waals surface area contributed by atoms with E-state index in [0.717, 1.165) is 4.90 Å². The zero-order valence-electron chi connectivity index (χ0n) is 12.2. The minimum absolute atomic E-state index is 0.179. The van der Waals surface area contributed by atoms with E-state index >= 15 is 0 Å². The molecule has 0 radical (unpaired) electrons. The van der Waals surface area contributed by atoms with E-state index in [9.17, 15) is 14.4 Å². The van der Waals surface area contributed by atoms with Gasteiger partial charge in [0.2, 0.25) is 0 Å². The molecule has 0 saturated heterocycles. The molecule has 0 aliphatic carbocycles. The molecule has 0 atom stereocenters. The second-order valence-corrected chi connectivity index (χ2v) is 5.33. The maximum Gasteiger partial charge on any atom is 0.306 e. The first-order chi connectivity index (χ1) is 11.0. The molecule has 1 aliphatic heterocycles. The summed E-state index contributed by atoms with van der Waals surface area (Å²) in [6.07, 6.45) is 0. The van der Waals surface area contributed by atoms with Crippen LogP contribution in [0.15, 0.2) is 42.5 Å². The molecule has 3 rings (SSSR count). The number of imide groups is 1. The molecular weight excluding hydrogens is 318 g/mol. The number of fused-ring (bicyclic) bond motifs is 1. The predicted molar refractivity (Wildman–Crippen MR) is 85.2 cm³/mol. The number of anilines is 1. The molecule has 0 bridgehead atoms. The fraction of sp³-hybridized carbons (Fsp3) is 0.118. The molecule has 0 spiro atoms. The van der Waals surface area contributed by atoms with Crippen LogP contribution in [0.1, 0.15) is 27.6 Å². The molecule has 1 heterocycles. The van der Waals surface area contributed by atoms with Crippen LogP contribution in [0.5, 0.6) is 5.75 Å². The smallest absolute Gasteiger partial charge is 0.306 e. The highest BCUT2D eigenvalue weighted by Gasteiger charge is 2.40. The number of carbonyl (C=O) groups excluding carboxylic acids is 3. The lowest BCUT2D eigenvalue weighted by molar-refractivity contribution is -0.113. The number of hydrogen-bond acceptors (Lipinski definition) is 4. The van der Waals surface area contributed by atoms with Gasteiger partial charge in [0.15, 0.2) is 0 Å². The number of carbonyl (C=O) groups is 3. The third kappa shape index (κ3) is 2.59. The van der Waals surface area contributed by atoms with Gasteiger partial charge >= 0.3 is 5.91 Å². The fourth-order valence-electron chi connectivity index (χ4n) is 2.40. The standard InChI is InChI=1S/C17H12ClNO4/c1-2-23-12-6-3-10(4-7-12)16(21)19-14-9-11(18)5-8-13(14)15(20)17(19)22/h3-9H,2H2,1H3. The number of halogens is 1. The van der Waals surface area contributed by atoms with Gasteiger partial charge in [-0.05, 0) is 49.4 Å². The van der Waals surface area contributed by atoms with Gasteiger partial charge in [-0.25, -0.2) is 4.90 Å². The van der Waals surface area contributed by atoms with Gasteiger partial charge in [-0.15, -0.1) is 0 Å². The summed E-state index contributed by atoms with van der Waals surface area (Å²) >= 11 is 5.91. The van der Waals surface area contributed by atoms with Crippen molar-refractivity contribution in [1.82, 2.24) is 0 Å². The van der Waals surface area contributed by atoms with Crippen LogP contribution < -0.4 is 9.64 Å². The van der Waals surface area contributed by atoms with E-state index < -0.39 is 17.6 Å². The summed E-state index contributed by atoms with van der Waals surface area (Å²) in [5.41, 5.74) is 0.674. The maximum absolute atomic E-state index is 12.6. The Morgan fingerprint density at radius 3 is 2.48 bits per heavy atom. The van der Waals surface area contributed by atoms with Crippen LogP contribution in [-0.2, 0) is 4.79 Å². The van der Waals surface area contributed by atoms with Gasteiger partial charge in [0.1, 0.15) is 5.75 Å². The highest BCUT2D eigenvalue weighted by Crippen LogP contribution is 2.32. The van der Waals surface area contributed by atoms with E-state index in [1.165, 1.54) is 18.2 Å². The van der Waals surface area contributed by atoms with Crippen LogP contribution in [0.4, 0.5) is 5.69 Å². The molecule has 23 heavy (non-hydrogen) atoms. The van der Waals surface area contributed by atoms with Gasteiger partial charge in [-0.1, -0.05) is 11.6 Å². The zero-order chi connectivity index (χ0) is 16.6. The largest absolute Gasteiger partial charge is 0.494 e. The first kappa shape index (κ1) is 15.2. The van der Waals surface area contributed by atoms with Crippen molar-refractivity contribution in [3.05, 3.63) is 58.6 Å². The van der Waals surface area contributed by atoms with Crippen LogP contribution in [0.25, 0.3) is 0 Å². The van der Waals surface area contributed by atoms with Crippen molar-refractivity contribution in [2.45, 2.75) is 6.92 Å². The van der Waals surface area contributed by atoms with E-state index in [2.05, 4.69) is 0 Å². The molecule has 0 aromatic heterocycles. The first-order valence-electron chi connectivity index (χ1n) is 6.98. The lowest BCUT2D eigenvalue weighted by Crippen LogP contribution is -2.35. The third-order valence-electron chi connectivity index (χ3n) is 3.46. The number of hydrogen-bond donors (Lipinski definition) is 0. The molecule has 0 N–H and O–H groups in total. The minimum Gasteiger partial charge on any atom is -0.494 e. The molecule has 2 aromatic rings. The van der Waals surface area contributed by atoms with E-state index in [-0.39, 0.29) is 16.8 Å². The molecule has 116 valence electrons. The Bertz CT molecular complexity index is 814. The van der Waals surface area contributed by atoms with Crippen LogP contribution in [0, 0.1) is 0 Å². The highest BCUT2D eigenvalue weighted by molar-refractivity contribution is 6.57. The quantitative estimate of drug-likeness (QED) is 0.641. The van der Waals surface area contributed by atoms with E-state index in [1.807, 2.05) is 6.92 Å². The van der Waals surface area contributed by atoms with Crippen molar-refractivity contribution in [2.75, 3.05) is 11.5 Å². The van der Waals surface area contributed by atoms with Crippen molar-refractivity contribution >= 4 is 34.9 Å². The average molecular weight is 330 g/mol. The second-order valence-electron chi connectivity index (χ2n) is 4.89. The average Bonchev–Trinajstić information content (AvgIpc) is 2.79. The van der Waals surface area contributed by atoms with Crippen molar-refractivity contribution in [1.29, 1.82) is 0 Å². The molecule has 5 nitrogen and oxygen atoms in total. The van der Waals surface area contributed by atoms with Crippen LogP contribution >= 0.6 is 11.6 Å². The number of benzene rings is 2. The van der Waals surface area contributed by atoms with Crippen LogP contribution in [0.2, 0.25) is 5.02 Å². The maximum atomic E-state index is 12.6. The Morgan fingerprint density at radius 1 is 1.13 bits per heavy atom. The predicted octanol–water partition coefficient (Wildman–Crippen LogP) is 3.11. The van der Waals surface area contributed by atoms with Gasteiger partial charge in [0, 0.05) is 10.6 Å². The summed E-state index contributed by atoms with van der Waals surface area (Å²) in [5.74, 6) is -1.54. The molecule has 2 aromatic carbocycles. The minimum atomic E-state index is -0.874. The van der Waals surface area contributed by atoms with Gasteiger partial charge in [-0.2, -0.15) is 0 Å². The molecule has 1 aliphatic rings. The summed E-state index contributed by atoms with van der Waals surface area (Å²) in [7, 11) is 0. The Morgan fingerprint density at radius 2 is 1.83 bits per heavy atom. The molecule has 6 heteroatoms. The molecular formula is C17H12ClNO4. The summed E-state index contributed by atoms with van der Waals surface area (Å²) in [4.78, 5) is 37.6. The number of Topliss-reactive ketones (excluding diaryl/α,β-unsaturated/α-hetero) is 1. The third-order valence-corrected chi connectivity index (χ3v) is 3.69.